The highest BCUT2D eigenvalue weighted by atomic mass is 32.2. The van der Waals surface area contributed by atoms with E-state index >= 15 is 0 Å². The summed E-state index contributed by atoms with van der Waals surface area (Å²) < 4.78 is 21.6. The monoisotopic (exact) mass is 207 g/mol. The van der Waals surface area contributed by atoms with Crippen molar-refractivity contribution in [1.29, 1.82) is 0 Å². The molecule has 0 saturated heterocycles. The average Bonchev–Trinajstić information content (AvgIpc) is 1.97. The average molecular weight is 207 g/mol. The van der Waals surface area contributed by atoms with E-state index in [1.54, 1.807) is 0 Å². The van der Waals surface area contributed by atoms with E-state index in [4.69, 9.17) is 5.73 Å². The minimum absolute atomic E-state index is 0.150. The summed E-state index contributed by atoms with van der Waals surface area (Å²) in [4.78, 5) is 0. The molecule has 80 valence electrons. The molecule has 0 atom stereocenters. The molecular weight excluding hydrogens is 186 g/mol. The number of sulfone groups is 1. The Balaban J connectivity index is 3.58. The zero-order valence-electron chi connectivity index (χ0n) is 8.84. The molecule has 0 amide bonds. The van der Waals surface area contributed by atoms with Crippen molar-refractivity contribution in [2.75, 3.05) is 18.6 Å². The minimum atomic E-state index is -2.78. The molecule has 0 bridgehead atoms. The van der Waals surface area contributed by atoms with Crippen LogP contribution in [0.4, 0.5) is 0 Å². The molecule has 2 N–H and O–H groups in total. The predicted octanol–water partition coefficient (Wildman–Crippen LogP) is 1.19. The van der Waals surface area contributed by atoms with E-state index in [0.29, 0.717) is 12.3 Å². The fourth-order valence-electron chi connectivity index (χ4n) is 1.07. The van der Waals surface area contributed by atoms with Crippen LogP contribution in [-0.4, -0.2) is 27.0 Å². The van der Waals surface area contributed by atoms with Gasteiger partial charge in [0.05, 0.1) is 0 Å². The van der Waals surface area contributed by atoms with E-state index < -0.39 is 9.84 Å². The Hall–Kier alpha value is -0.0900. The highest BCUT2D eigenvalue weighted by Gasteiger charge is 2.14. The molecule has 0 saturated carbocycles. The number of rotatable bonds is 6. The maximum Gasteiger partial charge on any atom is 0.147 e. The van der Waals surface area contributed by atoms with Gasteiger partial charge in [-0.2, -0.15) is 0 Å². The molecule has 0 aromatic rings. The molecule has 0 aromatic carbocycles. The summed E-state index contributed by atoms with van der Waals surface area (Å²) in [5, 5.41) is 0. The van der Waals surface area contributed by atoms with E-state index in [0.717, 1.165) is 19.3 Å². The molecule has 0 spiro atoms. The summed E-state index contributed by atoms with van der Waals surface area (Å²) in [6.45, 7) is 4.87. The van der Waals surface area contributed by atoms with Crippen LogP contribution in [0.2, 0.25) is 0 Å². The zero-order chi connectivity index (χ0) is 10.5. The van der Waals surface area contributed by atoms with Gasteiger partial charge in [-0.05, 0) is 24.8 Å². The highest BCUT2D eigenvalue weighted by Crippen LogP contribution is 2.21. The topological polar surface area (TPSA) is 60.2 Å². The minimum Gasteiger partial charge on any atom is -0.330 e. The summed E-state index contributed by atoms with van der Waals surface area (Å²) in [5.41, 5.74) is 5.71. The molecule has 4 heteroatoms. The van der Waals surface area contributed by atoms with E-state index in [2.05, 4.69) is 13.8 Å². The van der Waals surface area contributed by atoms with Gasteiger partial charge in [0.2, 0.25) is 0 Å². The van der Waals surface area contributed by atoms with Crippen LogP contribution in [0, 0.1) is 5.41 Å². The molecule has 0 radical (unpaired) electrons. The van der Waals surface area contributed by atoms with Crippen LogP contribution in [0.3, 0.4) is 0 Å². The third kappa shape index (κ3) is 8.25. The molecule has 0 fully saturated rings. The second-order valence-corrected chi connectivity index (χ2v) is 6.72. The lowest BCUT2D eigenvalue weighted by Crippen LogP contribution is -2.23. The van der Waals surface area contributed by atoms with E-state index in [9.17, 15) is 8.42 Å². The van der Waals surface area contributed by atoms with Gasteiger partial charge < -0.3 is 5.73 Å². The molecule has 0 heterocycles. The molecule has 0 aliphatic rings. The Kier molecular flexibility index (Phi) is 4.92. The first kappa shape index (κ1) is 12.9. The van der Waals surface area contributed by atoms with Gasteiger partial charge in [-0.3, -0.25) is 0 Å². The van der Waals surface area contributed by atoms with Crippen molar-refractivity contribution >= 4 is 9.84 Å². The van der Waals surface area contributed by atoms with Gasteiger partial charge in [0.25, 0.3) is 0 Å². The van der Waals surface area contributed by atoms with E-state index in [1.165, 1.54) is 6.26 Å². The Labute approximate surface area is 81.6 Å². The lowest BCUT2D eigenvalue weighted by Gasteiger charge is -2.21. The molecule has 3 nitrogen and oxygen atoms in total. The lowest BCUT2D eigenvalue weighted by molar-refractivity contribution is 0.335. The Morgan fingerprint density at radius 2 is 1.77 bits per heavy atom. The SMILES string of the molecule is CC(C)(CN)CCCCS(C)(=O)=O. The normalized spacial score (nSPS) is 13.2. The largest absolute Gasteiger partial charge is 0.330 e. The third-order valence-electron chi connectivity index (χ3n) is 2.17. The zero-order valence-corrected chi connectivity index (χ0v) is 9.65. The van der Waals surface area contributed by atoms with Crippen LogP contribution >= 0.6 is 0 Å². The van der Waals surface area contributed by atoms with Crippen molar-refractivity contribution in [3.8, 4) is 0 Å². The lowest BCUT2D eigenvalue weighted by atomic mass is 9.88. The van der Waals surface area contributed by atoms with Gasteiger partial charge in [0.15, 0.2) is 0 Å². The highest BCUT2D eigenvalue weighted by molar-refractivity contribution is 7.90. The molecule has 0 aliphatic heterocycles. The Bertz CT molecular complexity index is 232. The smallest absolute Gasteiger partial charge is 0.147 e. The fraction of sp³-hybridized carbons (Fsp3) is 1.00. The Morgan fingerprint density at radius 1 is 1.23 bits per heavy atom. The first-order chi connectivity index (χ1) is 5.77. The standard InChI is InChI=1S/C9H21NO2S/c1-9(2,8-10)6-4-5-7-13(3,11)12/h4-8,10H2,1-3H3. The predicted molar refractivity (Wildman–Crippen MR) is 56.4 cm³/mol. The van der Waals surface area contributed by atoms with Gasteiger partial charge >= 0.3 is 0 Å². The summed E-state index contributed by atoms with van der Waals surface area (Å²) in [6, 6.07) is 0. The summed E-state index contributed by atoms with van der Waals surface area (Å²) in [6.07, 6.45) is 3.97. The van der Waals surface area contributed by atoms with Gasteiger partial charge in [-0.25, -0.2) is 8.42 Å². The molecular formula is C9H21NO2S. The molecule has 13 heavy (non-hydrogen) atoms. The number of hydrogen-bond acceptors (Lipinski definition) is 3. The first-order valence-corrected chi connectivity index (χ1v) is 6.71. The third-order valence-corrected chi connectivity index (χ3v) is 3.20. The van der Waals surface area contributed by atoms with Gasteiger partial charge in [-0.15, -0.1) is 0 Å². The van der Waals surface area contributed by atoms with Crippen LogP contribution in [0.25, 0.3) is 0 Å². The van der Waals surface area contributed by atoms with Crippen molar-refractivity contribution in [2.24, 2.45) is 11.1 Å². The molecule has 0 rings (SSSR count). The quantitative estimate of drug-likeness (QED) is 0.665. The second-order valence-electron chi connectivity index (χ2n) is 4.46. The van der Waals surface area contributed by atoms with Crippen LogP contribution in [0.15, 0.2) is 0 Å². The van der Waals surface area contributed by atoms with Crippen LogP contribution in [-0.2, 0) is 9.84 Å². The van der Waals surface area contributed by atoms with Gasteiger partial charge in [-0.1, -0.05) is 20.3 Å². The van der Waals surface area contributed by atoms with Gasteiger partial charge in [0.1, 0.15) is 9.84 Å². The molecule has 0 aliphatic carbocycles. The van der Waals surface area contributed by atoms with Crippen molar-refractivity contribution in [3.63, 3.8) is 0 Å². The summed E-state index contributed by atoms with van der Waals surface area (Å²) >= 11 is 0. The number of unbranched alkanes of at least 4 members (excludes halogenated alkanes) is 1. The van der Waals surface area contributed by atoms with E-state index in [-0.39, 0.29) is 5.41 Å². The number of nitrogens with two attached hydrogens (primary N) is 1. The van der Waals surface area contributed by atoms with Gasteiger partial charge in [0, 0.05) is 12.0 Å². The number of hydrogen-bond donors (Lipinski definition) is 1. The maximum atomic E-state index is 10.8. The van der Waals surface area contributed by atoms with Crippen molar-refractivity contribution in [1.82, 2.24) is 0 Å². The molecule has 0 unspecified atom stereocenters. The summed E-state index contributed by atoms with van der Waals surface area (Å²) in [5.74, 6) is 0.299. The second kappa shape index (κ2) is 4.96. The summed E-state index contributed by atoms with van der Waals surface area (Å²) in [7, 11) is -2.78. The van der Waals surface area contributed by atoms with E-state index in [1.807, 2.05) is 0 Å². The van der Waals surface area contributed by atoms with Crippen LogP contribution in [0.1, 0.15) is 33.1 Å². The van der Waals surface area contributed by atoms with Crippen molar-refractivity contribution in [3.05, 3.63) is 0 Å². The Morgan fingerprint density at radius 3 is 2.15 bits per heavy atom. The van der Waals surface area contributed by atoms with Crippen molar-refractivity contribution in [2.45, 2.75) is 33.1 Å². The maximum absolute atomic E-state index is 10.8. The van der Waals surface area contributed by atoms with Crippen molar-refractivity contribution < 1.29 is 8.42 Å². The van der Waals surface area contributed by atoms with Crippen LogP contribution < -0.4 is 5.73 Å². The fourth-order valence-corrected chi connectivity index (χ4v) is 1.80. The molecule has 0 aromatic heterocycles. The first-order valence-electron chi connectivity index (χ1n) is 4.65. The van der Waals surface area contributed by atoms with Crippen LogP contribution in [0.5, 0.6) is 0 Å².